The van der Waals surface area contributed by atoms with E-state index in [4.69, 9.17) is 9.47 Å². The fourth-order valence-electron chi connectivity index (χ4n) is 3.78. The minimum absolute atomic E-state index is 0.0138. The molecule has 6 N–H and O–H groups in total. The summed E-state index contributed by atoms with van der Waals surface area (Å²) in [4.78, 5) is 98.0. The first-order valence-electron chi connectivity index (χ1n) is 15.2. The molecule has 49 heavy (non-hydrogen) atoms. The molecule has 0 aliphatic heterocycles. The van der Waals surface area contributed by atoms with Crippen LogP contribution in [0.2, 0.25) is 0 Å². The van der Waals surface area contributed by atoms with Crippen molar-refractivity contribution in [2.24, 2.45) is 0 Å². The maximum Gasteiger partial charge on any atom is 0.471 e. The van der Waals surface area contributed by atoms with Crippen LogP contribution in [0, 0.1) is 0 Å². The van der Waals surface area contributed by atoms with Gasteiger partial charge in [-0.3, -0.25) is 24.0 Å². The van der Waals surface area contributed by atoms with Crippen molar-refractivity contribution < 1.29 is 65.7 Å². The number of methoxy groups -OCH3 is 2. The maximum absolute atomic E-state index is 13.1. The summed E-state index contributed by atoms with van der Waals surface area (Å²) in [6.45, 7) is 8.45. The Morgan fingerprint density at radius 3 is 1.69 bits per heavy atom. The van der Waals surface area contributed by atoms with E-state index < -0.39 is 96.0 Å². The van der Waals surface area contributed by atoms with Crippen molar-refractivity contribution in [3.63, 3.8) is 0 Å². The number of carbonyl (C=O) groups is 8. The van der Waals surface area contributed by atoms with Crippen molar-refractivity contribution in [3.05, 3.63) is 0 Å². The number of unbranched alkanes of at least 4 members (excludes halogenated alkanes) is 1. The highest BCUT2D eigenvalue weighted by Gasteiger charge is 2.38. The molecule has 0 unspecified atom stereocenters. The van der Waals surface area contributed by atoms with Gasteiger partial charge in [-0.1, -0.05) is 0 Å². The Bertz CT molecular complexity index is 1190. The highest BCUT2D eigenvalue weighted by molar-refractivity contribution is 5.93. The molecule has 0 aromatic heterocycles. The molecule has 0 saturated carbocycles. The third-order valence-electron chi connectivity index (χ3n) is 6.37. The van der Waals surface area contributed by atoms with E-state index in [1.807, 2.05) is 0 Å². The van der Waals surface area contributed by atoms with Crippen LogP contribution in [0.25, 0.3) is 0 Å². The Balaban J connectivity index is 5.53. The number of amides is 6. The lowest BCUT2D eigenvalue weighted by atomic mass is 10.1. The zero-order valence-electron chi connectivity index (χ0n) is 28.8. The molecule has 0 aromatic rings. The van der Waals surface area contributed by atoms with Crippen LogP contribution < -0.4 is 31.9 Å². The second-order valence-electron chi connectivity index (χ2n) is 11.8. The van der Waals surface area contributed by atoms with Crippen LogP contribution in [0.15, 0.2) is 0 Å². The van der Waals surface area contributed by atoms with E-state index in [-0.39, 0.29) is 32.2 Å². The van der Waals surface area contributed by atoms with Gasteiger partial charge in [0.1, 0.15) is 35.8 Å². The van der Waals surface area contributed by atoms with E-state index in [0.29, 0.717) is 0 Å². The van der Waals surface area contributed by atoms with Crippen LogP contribution in [0.3, 0.4) is 0 Å². The highest BCUT2D eigenvalue weighted by Crippen LogP contribution is 2.14. The van der Waals surface area contributed by atoms with Crippen molar-refractivity contribution in [1.82, 2.24) is 31.9 Å². The zero-order valence-corrected chi connectivity index (χ0v) is 28.8. The zero-order chi connectivity index (χ0) is 38.1. The van der Waals surface area contributed by atoms with Gasteiger partial charge >= 0.3 is 30.1 Å². The van der Waals surface area contributed by atoms with Crippen LogP contribution >= 0.6 is 0 Å². The van der Waals surface area contributed by atoms with E-state index in [0.717, 1.165) is 14.2 Å². The average Bonchev–Trinajstić information content (AvgIpc) is 2.99. The molecule has 6 amide bonds. The predicted octanol–water partition coefficient (Wildman–Crippen LogP) is -0.146. The second kappa shape index (κ2) is 20.7. The van der Waals surface area contributed by atoms with E-state index in [9.17, 15) is 51.5 Å². The molecule has 5 atom stereocenters. The average molecular weight is 713 g/mol. The standard InChI is InChI=1S/C29H47F3N6O11/c1-15(21(40)35-17(3)24(43)47-7)34-23(42)18(11-9-10-14-33-26(45)29(30,31)32)37-20(39)13-12-19(25(44)48-8)38-22(41)16(2)36-27(46)49-28(4,5)6/h15-19H,9-14H2,1-8H3,(H,33,45)(H,34,42)(H,35,40)(H,36,46)(H,37,39)(H,38,41)/t15-,16+,17-,18+,19-/m1/s1. The number of rotatable bonds is 18. The number of ether oxygens (including phenoxy) is 3. The van der Waals surface area contributed by atoms with Gasteiger partial charge in [-0.05, 0) is 67.2 Å². The van der Waals surface area contributed by atoms with Crippen LogP contribution in [0.5, 0.6) is 0 Å². The van der Waals surface area contributed by atoms with Crippen molar-refractivity contribution in [3.8, 4) is 0 Å². The van der Waals surface area contributed by atoms with Crippen molar-refractivity contribution in [1.29, 1.82) is 0 Å². The van der Waals surface area contributed by atoms with Crippen LogP contribution in [0.4, 0.5) is 18.0 Å². The number of halogens is 3. The molecule has 0 heterocycles. The lowest BCUT2D eigenvalue weighted by molar-refractivity contribution is -0.173. The number of esters is 2. The van der Waals surface area contributed by atoms with Gasteiger partial charge in [-0.2, -0.15) is 13.2 Å². The van der Waals surface area contributed by atoms with Gasteiger partial charge in [-0.15, -0.1) is 0 Å². The molecule has 280 valence electrons. The van der Waals surface area contributed by atoms with Gasteiger partial charge in [0.25, 0.3) is 0 Å². The summed E-state index contributed by atoms with van der Waals surface area (Å²) in [5.41, 5.74) is -0.840. The van der Waals surface area contributed by atoms with Gasteiger partial charge in [0.15, 0.2) is 0 Å². The monoisotopic (exact) mass is 712 g/mol. The summed E-state index contributed by atoms with van der Waals surface area (Å²) in [6, 6.07) is -6.09. The Morgan fingerprint density at radius 2 is 1.16 bits per heavy atom. The largest absolute Gasteiger partial charge is 0.471 e. The summed E-state index contributed by atoms with van der Waals surface area (Å²) in [5, 5.41) is 13.5. The van der Waals surface area contributed by atoms with Crippen LogP contribution in [-0.2, 0) is 47.8 Å². The summed E-state index contributed by atoms with van der Waals surface area (Å²) in [7, 11) is 2.16. The molecular formula is C29H47F3N6O11. The SMILES string of the molecule is COC(=O)[C@@H](C)NC(=O)[C@@H](C)NC(=O)[C@H](CCCCNC(=O)C(F)(F)F)NC(=O)CC[C@@H](NC(=O)[C@H](C)NC(=O)OC(C)(C)C)C(=O)OC. The molecule has 17 nitrogen and oxygen atoms in total. The summed E-state index contributed by atoms with van der Waals surface area (Å²) in [5.74, 6) is -7.01. The van der Waals surface area contributed by atoms with Crippen molar-refractivity contribution in [2.45, 2.75) is 116 Å². The molecule has 0 fully saturated rings. The Kier molecular flexibility index (Phi) is 18.7. The van der Waals surface area contributed by atoms with E-state index in [2.05, 4.69) is 31.3 Å². The highest BCUT2D eigenvalue weighted by atomic mass is 19.4. The molecule has 0 radical (unpaired) electrons. The maximum atomic E-state index is 13.1. The number of alkyl halides is 3. The summed E-state index contributed by atoms with van der Waals surface area (Å²) < 4.78 is 51.6. The number of hydrogen-bond donors (Lipinski definition) is 6. The quantitative estimate of drug-likeness (QED) is 0.0621. The molecular weight excluding hydrogens is 665 g/mol. The molecule has 0 aromatic carbocycles. The number of nitrogens with one attached hydrogen (secondary N) is 6. The smallest absolute Gasteiger partial charge is 0.467 e. The molecule has 0 saturated heterocycles. The second-order valence-corrected chi connectivity index (χ2v) is 11.8. The van der Waals surface area contributed by atoms with Crippen LogP contribution in [-0.4, -0.2) is 110 Å². The van der Waals surface area contributed by atoms with Gasteiger partial charge in [0.05, 0.1) is 14.2 Å². The fraction of sp³-hybridized carbons (Fsp3) is 0.724. The molecule has 0 aliphatic rings. The fourth-order valence-corrected chi connectivity index (χ4v) is 3.78. The Morgan fingerprint density at radius 1 is 0.633 bits per heavy atom. The van der Waals surface area contributed by atoms with E-state index in [1.54, 1.807) is 26.1 Å². The molecule has 0 spiro atoms. The normalized spacial score (nSPS) is 14.3. The minimum Gasteiger partial charge on any atom is -0.467 e. The summed E-state index contributed by atoms with van der Waals surface area (Å²) >= 11 is 0. The Hall–Kier alpha value is -4.65. The molecule has 0 aliphatic carbocycles. The van der Waals surface area contributed by atoms with E-state index in [1.165, 1.54) is 20.8 Å². The van der Waals surface area contributed by atoms with Crippen LogP contribution in [0.1, 0.15) is 73.6 Å². The molecule has 20 heteroatoms. The van der Waals surface area contributed by atoms with E-state index >= 15 is 0 Å². The third kappa shape index (κ3) is 18.5. The number of hydrogen-bond acceptors (Lipinski definition) is 11. The van der Waals surface area contributed by atoms with Gasteiger partial charge in [-0.25, -0.2) is 14.4 Å². The lowest BCUT2D eigenvalue weighted by Crippen LogP contribution is -2.54. The number of alkyl carbamates (subject to hydrolysis) is 1. The predicted molar refractivity (Wildman–Crippen MR) is 164 cm³/mol. The third-order valence-corrected chi connectivity index (χ3v) is 6.37. The van der Waals surface area contributed by atoms with Crippen molar-refractivity contribution >= 4 is 47.6 Å². The molecule has 0 bridgehead atoms. The first-order chi connectivity index (χ1) is 22.5. The number of carbonyl (C=O) groups excluding carboxylic acids is 8. The van der Waals surface area contributed by atoms with Gasteiger partial charge in [0, 0.05) is 13.0 Å². The van der Waals surface area contributed by atoms with Gasteiger partial charge < -0.3 is 46.1 Å². The lowest BCUT2D eigenvalue weighted by Gasteiger charge is -2.24. The summed E-state index contributed by atoms with van der Waals surface area (Å²) in [6.07, 6.45) is -6.83. The van der Waals surface area contributed by atoms with Crippen molar-refractivity contribution in [2.75, 3.05) is 20.8 Å². The van der Waals surface area contributed by atoms with Gasteiger partial charge in [0.2, 0.25) is 23.6 Å². The first kappa shape index (κ1) is 44.4. The first-order valence-corrected chi connectivity index (χ1v) is 15.2. The topological polar surface area (TPSA) is 236 Å². The molecule has 0 rings (SSSR count). The Labute approximate surface area is 281 Å². The minimum atomic E-state index is -5.08.